The smallest absolute Gasteiger partial charge is 0.462 e. The Morgan fingerprint density at radius 1 is 0.299 bits per heavy atom. The van der Waals surface area contributed by atoms with E-state index >= 15 is 0 Å². The van der Waals surface area contributed by atoms with Crippen LogP contribution in [0, 0.1) is 11.8 Å². The van der Waals surface area contributed by atoms with Crippen LogP contribution < -0.4 is 0 Å². The van der Waals surface area contributed by atoms with Crippen molar-refractivity contribution in [2.24, 2.45) is 11.8 Å². The van der Waals surface area contributed by atoms with E-state index < -0.39 is 97.5 Å². The summed E-state index contributed by atoms with van der Waals surface area (Å²) in [4.78, 5) is 72.9. The van der Waals surface area contributed by atoms with E-state index in [9.17, 15) is 43.2 Å². The molecule has 0 aromatic rings. The van der Waals surface area contributed by atoms with E-state index in [1.54, 1.807) is 0 Å². The van der Waals surface area contributed by atoms with Crippen LogP contribution in [0.15, 0.2) is 0 Å². The molecule has 0 aliphatic heterocycles. The summed E-state index contributed by atoms with van der Waals surface area (Å²) in [5.74, 6) is -0.492. The second kappa shape index (κ2) is 69.8. The Hall–Kier alpha value is -1.94. The summed E-state index contributed by atoms with van der Waals surface area (Å²) in [6.07, 6.45) is 58.1. The van der Waals surface area contributed by atoms with E-state index in [0.29, 0.717) is 25.7 Å². The van der Waals surface area contributed by atoms with Gasteiger partial charge in [-0.1, -0.05) is 356 Å². The molecule has 3 N–H and O–H groups in total. The minimum absolute atomic E-state index is 0.108. The Kier molecular flexibility index (Phi) is 68.4. The lowest BCUT2D eigenvalue weighted by atomic mass is 9.99. The second-order valence-electron chi connectivity index (χ2n) is 28.8. The molecule has 0 heterocycles. The van der Waals surface area contributed by atoms with Crippen molar-refractivity contribution >= 4 is 39.5 Å². The largest absolute Gasteiger partial charge is 0.472 e. The first-order valence-corrected chi connectivity index (χ1v) is 43.5. The van der Waals surface area contributed by atoms with E-state index in [0.717, 1.165) is 102 Å². The molecule has 6 atom stereocenters. The number of rotatable bonds is 77. The van der Waals surface area contributed by atoms with E-state index in [-0.39, 0.29) is 25.7 Å². The SMILES string of the molecule is CCCCCCCCCCCCCCCCC(=O)O[C@H](COC(=O)CCCCCCCCCCCC)COP(=O)(O)OC[C@H](O)COP(=O)(O)OC[C@@H](COC(=O)CCCCCCCCCCCCC(C)CC)OC(=O)CCCCCCCCCCCCCCCCCCC(C)C. The summed E-state index contributed by atoms with van der Waals surface area (Å²) in [6.45, 7) is 9.67. The Balaban J connectivity index is 5.24. The normalized spacial score (nSPS) is 14.2. The van der Waals surface area contributed by atoms with Crippen molar-refractivity contribution in [1.82, 2.24) is 0 Å². The van der Waals surface area contributed by atoms with Gasteiger partial charge in [0.15, 0.2) is 12.2 Å². The fourth-order valence-corrected chi connectivity index (χ4v) is 13.6. The van der Waals surface area contributed by atoms with Gasteiger partial charge in [0.25, 0.3) is 0 Å². The molecule has 0 fully saturated rings. The van der Waals surface area contributed by atoms with Crippen LogP contribution in [0.5, 0.6) is 0 Å². The van der Waals surface area contributed by atoms with Crippen LogP contribution in [0.25, 0.3) is 0 Å². The van der Waals surface area contributed by atoms with Crippen molar-refractivity contribution in [1.29, 1.82) is 0 Å². The Bertz CT molecular complexity index is 1870. The minimum atomic E-state index is -4.96. The summed E-state index contributed by atoms with van der Waals surface area (Å²) in [6, 6.07) is 0. The third kappa shape index (κ3) is 70.9. The molecule has 0 saturated carbocycles. The number of phosphoric ester groups is 2. The van der Waals surface area contributed by atoms with Crippen molar-refractivity contribution in [3.63, 3.8) is 0 Å². The maximum Gasteiger partial charge on any atom is 0.472 e. The van der Waals surface area contributed by atoms with Gasteiger partial charge in [-0.25, -0.2) is 9.13 Å². The first kappa shape index (κ1) is 95.1. The summed E-state index contributed by atoms with van der Waals surface area (Å²) in [7, 11) is -9.91. The Morgan fingerprint density at radius 3 is 0.784 bits per heavy atom. The fraction of sp³-hybridized carbons (Fsp3) is 0.949. The first-order chi connectivity index (χ1) is 46.9. The molecular formula is C78H152O17P2. The number of phosphoric acid groups is 2. The zero-order chi connectivity index (χ0) is 71.4. The molecule has 3 unspecified atom stereocenters. The number of esters is 4. The number of hydrogen-bond donors (Lipinski definition) is 3. The zero-order valence-corrected chi connectivity index (χ0v) is 65.2. The summed E-state index contributed by atoms with van der Waals surface area (Å²) in [5.41, 5.74) is 0. The highest BCUT2D eigenvalue weighted by Crippen LogP contribution is 2.45. The third-order valence-electron chi connectivity index (χ3n) is 18.6. The molecule has 0 amide bonds. The lowest BCUT2D eigenvalue weighted by Crippen LogP contribution is -2.30. The van der Waals surface area contributed by atoms with Gasteiger partial charge in [-0.3, -0.25) is 37.3 Å². The van der Waals surface area contributed by atoms with Crippen molar-refractivity contribution in [2.75, 3.05) is 39.6 Å². The van der Waals surface area contributed by atoms with Gasteiger partial charge >= 0.3 is 39.5 Å². The number of aliphatic hydroxyl groups is 1. The highest BCUT2D eigenvalue weighted by molar-refractivity contribution is 7.47. The van der Waals surface area contributed by atoms with Crippen LogP contribution in [0.4, 0.5) is 0 Å². The van der Waals surface area contributed by atoms with Crippen LogP contribution in [0.2, 0.25) is 0 Å². The molecule has 0 aromatic carbocycles. The molecule has 0 spiro atoms. The van der Waals surface area contributed by atoms with Crippen LogP contribution in [0.3, 0.4) is 0 Å². The standard InChI is InChI=1S/C78H152O17P2/c1-7-10-12-14-16-18-20-21-27-30-38-44-50-56-62-77(82)94-73(66-88-75(80)60-54-48-42-36-19-17-15-13-11-8-2)68-92-96(84,85)90-64-72(79)65-91-97(86,87)93-69-74(67-89-76(81)61-55-49-43-37-33-32-35-41-47-53-59-71(6)9-3)95-78(83)63-57-51-45-39-31-28-25-23-22-24-26-29-34-40-46-52-58-70(4)5/h70-74,79H,7-69H2,1-6H3,(H,84,85)(H,86,87)/t71?,72-,73+,74+/m0/s1. The van der Waals surface area contributed by atoms with Gasteiger partial charge in [0.1, 0.15) is 19.3 Å². The second-order valence-corrected chi connectivity index (χ2v) is 31.7. The zero-order valence-electron chi connectivity index (χ0n) is 63.4. The molecule has 0 aromatic heterocycles. The molecule has 97 heavy (non-hydrogen) atoms. The molecule has 17 nitrogen and oxygen atoms in total. The van der Waals surface area contributed by atoms with Gasteiger partial charge in [0.2, 0.25) is 0 Å². The molecule has 0 saturated heterocycles. The molecule has 0 aliphatic rings. The van der Waals surface area contributed by atoms with E-state index in [1.807, 2.05) is 0 Å². The topological polar surface area (TPSA) is 237 Å². The number of unbranched alkanes of at least 4 members (excludes halogenated alkanes) is 46. The van der Waals surface area contributed by atoms with E-state index in [1.165, 1.54) is 225 Å². The minimum Gasteiger partial charge on any atom is -0.462 e. The van der Waals surface area contributed by atoms with Crippen molar-refractivity contribution in [3.8, 4) is 0 Å². The highest BCUT2D eigenvalue weighted by atomic mass is 31.2. The van der Waals surface area contributed by atoms with Crippen molar-refractivity contribution < 1.29 is 80.2 Å². The third-order valence-corrected chi connectivity index (χ3v) is 20.5. The summed E-state index contributed by atoms with van der Waals surface area (Å²) < 4.78 is 68.6. The first-order valence-electron chi connectivity index (χ1n) is 40.5. The van der Waals surface area contributed by atoms with Gasteiger partial charge in [-0.15, -0.1) is 0 Å². The van der Waals surface area contributed by atoms with E-state index in [2.05, 4.69) is 41.5 Å². The van der Waals surface area contributed by atoms with Gasteiger partial charge in [-0.05, 0) is 37.5 Å². The van der Waals surface area contributed by atoms with Crippen LogP contribution in [-0.4, -0.2) is 96.7 Å². The molecule has 576 valence electrons. The molecule has 19 heteroatoms. The Morgan fingerprint density at radius 2 is 0.526 bits per heavy atom. The van der Waals surface area contributed by atoms with Gasteiger partial charge in [0.05, 0.1) is 26.4 Å². The predicted molar refractivity (Wildman–Crippen MR) is 395 cm³/mol. The van der Waals surface area contributed by atoms with Gasteiger partial charge < -0.3 is 33.8 Å². The average Bonchev–Trinajstić information content (AvgIpc) is 1.96. The molecule has 0 rings (SSSR count). The van der Waals surface area contributed by atoms with Gasteiger partial charge in [0, 0.05) is 25.7 Å². The predicted octanol–water partition coefficient (Wildman–Crippen LogP) is 23.1. The van der Waals surface area contributed by atoms with Crippen molar-refractivity contribution in [2.45, 2.75) is 426 Å². The lowest BCUT2D eigenvalue weighted by Gasteiger charge is -2.21. The van der Waals surface area contributed by atoms with Gasteiger partial charge in [-0.2, -0.15) is 0 Å². The number of aliphatic hydroxyl groups excluding tert-OH is 1. The van der Waals surface area contributed by atoms with Crippen LogP contribution in [-0.2, 0) is 65.4 Å². The molecular weight excluding hydrogens is 1270 g/mol. The van der Waals surface area contributed by atoms with Crippen LogP contribution in [0.1, 0.15) is 408 Å². The lowest BCUT2D eigenvalue weighted by molar-refractivity contribution is -0.161. The van der Waals surface area contributed by atoms with E-state index in [4.69, 9.17) is 37.0 Å². The Labute approximate surface area is 594 Å². The maximum atomic E-state index is 13.1. The summed E-state index contributed by atoms with van der Waals surface area (Å²) >= 11 is 0. The number of hydrogen-bond acceptors (Lipinski definition) is 15. The maximum absolute atomic E-state index is 13.1. The molecule has 0 radical (unpaired) electrons. The highest BCUT2D eigenvalue weighted by Gasteiger charge is 2.30. The number of carbonyl (C=O) groups is 4. The average molecular weight is 1420 g/mol. The summed E-state index contributed by atoms with van der Waals surface area (Å²) in [5, 5.41) is 10.6. The monoisotopic (exact) mass is 1420 g/mol. The molecule has 0 bridgehead atoms. The number of ether oxygens (including phenoxy) is 4. The van der Waals surface area contributed by atoms with Crippen molar-refractivity contribution in [3.05, 3.63) is 0 Å². The number of carbonyl (C=O) groups excluding carboxylic acids is 4. The van der Waals surface area contributed by atoms with Crippen LogP contribution >= 0.6 is 15.6 Å². The molecule has 0 aliphatic carbocycles. The fourth-order valence-electron chi connectivity index (χ4n) is 12.0. The quantitative estimate of drug-likeness (QED) is 0.0222.